The van der Waals surface area contributed by atoms with Crippen LogP contribution < -0.4 is 5.32 Å². The summed E-state index contributed by atoms with van der Waals surface area (Å²) in [6.07, 6.45) is 5.64. The van der Waals surface area contributed by atoms with Crippen LogP contribution in [0.2, 0.25) is 0 Å². The zero-order chi connectivity index (χ0) is 17.7. The molecule has 0 aromatic rings. The van der Waals surface area contributed by atoms with Crippen LogP contribution in [0.1, 0.15) is 65.7 Å². The van der Waals surface area contributed by atoms with Crippen LogP contribution >= 0.6 is 0 Å². The van der Waals surface area contributed by atoms with E-state index >= 15 is 0 Å². The maximum atomic E-state index is 12.2. The van der Waals surface area contributed by atoms with E-state index in [1.165, 1.54) is 0 Å². The van der Waals surface area contributed by atoms with Crippen LogP contribution in [-0.4, -0.2) is 18.7 Å². The highest BCUT2D eigenvalue weighted by Gasteiger charge is 2.40. The van der Waals surface area contributed by atoms with Crippen molar-refractivity contribution in [3.63, 3.8) is 0 Å². The molecule has 3 nitrogen and oxygen atoms in total. The first-order chi connectivity index (χ1) is 10.6. The van der Waals surface area contributed by atoms with Crippen LogP contribution in [0.3, 0.4) is 0 Å². The van der Waals surface area contributed by atoms with Gasteiger partial charge in [-0.1, -0.05) is 48.5 Å². The Morgan fingerprint density at radius 3 is 2.17 bits per heavy atom. The van der Waals surface area contributed by atoms with Gasteiger partial charge in [-0.2, -0.15) is 0 Å². The molecule has 0 bridgehead atoms. The molecule has 1 saturated carbocycles. The second-order valence-electron chi connectivity index (χ2n) is 8.48. The van der Waals surface area contributed by atoms with Gasteiger partial charge in [0.15, 0.2) is 0 Å². The fraction of sp³-hybridized carbons (Fsp3) is 0.750. The van der Waals surface area contributed by atoms with E-state index in [0.29, 0.717) is 25.9 Å². The number of nitrogens with one attached hydrogen (secondary N) is 1. The van der Waals surface area contributed by atoms with E-state index in [1.54, 1.807) is 0 Å². The molecule has 2 unspecified atom stereocenters. The third-order valence-electron chi connectivity index (χ3n) is 5.47. The molecule has 3 heteroatoms. The molecule has 0 heterocycles. The first-order valence-corrected chi connectivity index (χ1v) is 8.73. The Morgan fingerprint density at radius 1 is 1.13 bits per heavy atom. The van der Waals surface area contributed by atoms with Crippen LogP contribution in [-0.2, 0) is 4.74 Å². The van der Waals surface area contributed by atoms with Crippen LogP contribution in [0.4, 0.5) is 4.79 Å². The molecular formula is C20H35NO2. The third kappa shape index (κ3) is 5.69. The molecule has 4 radical (unpaired) electrons. The summed E-state index contributed by atoms with van der Waals surface area (Å²) in [5.41, 5.74) is 0.183. The fourth-order valence-electron chi connectivity index (χ4n) is 3.94. The zero-order valence-electron chi connectivity index (χ0n) is 15.4. The highest BCUT2D eigenvalue weighted by Crippen LogP contribution is 2.47. The molecule has 0 aromatic heterocycles. The highest BCUT2D eigenvalue weighted by molar-refractivity contribution is 5.67. The zero-order valence-corrected chi connectivity index (χ0v) is 15.4. The van der Waals surface area contributed by atoms with E-state index in [1.807, 2.05) is 0 Å². The number of carbonyl (C=O) groups is 1. The second kappa shape index (κ2) is 7.90. The molecule has 0 saturated heterocycles. The molecule has 0 aliphatic heterocycles. The average molecular weight is 322 g/mol. The third-order valence-corrected chi connectivity index (χ3v) is 5.47. The van der Waals surface area contributed by atoms with Crippen molar-refractivity contribution in [2.24, 2.45) is 16.2 Å². The maximum Gasteiger partial charge on any atom is 0.407 e. The summed E-state index contributed by atoms with van der Waals surface area (Å²) in [7, 11) is 0. The number of amides is 1. The number of hydrogen-bond acceptors (Lipinski definition) is 2. The van der Waals surface area contributed by atoms with E-state index in [2.05, 4.69) is 53.8 Å². The monoisotopic (exact) mass is 321 g/mol. The van der Waals surface area contributed by atoms with Crippen LogP contribution in [0.15, 0.2) is 0 Å². The van der Waals surface area contributed by atoms with Gasteiger partial charge in [0.25, 0.3) is 0 Å². The van der Waals surface area contributed by atoms with E-state index in [0.717, 1.165) is 25.7 Å². The van der Waals surface area contributed by atoms with Gasteiger partial charge in [0.2, 0.25) is 0 Å². The average Bonchev–Trinajstić information content (AvgIpc) is 2.47. The Morgan fingerprint density at radius 2 is 1.70 bits per heavy atom. The number of hydrogen-bond donors (Lipinski definition) is 1. The number of carbonyl (C=O) groups excluding carboxylic acids is 1. The summed E-state index contributed by atoms with van der Waals surface area (Å²) in [6.45, 7) is 23.1. The summed E-state index contributed by atoms with van der Waals surface area (Å²) in [5, 5.41) is 3.06. The lowest BCUT2D eigenvalue weighted by molar-refractivity contribution is 0.0542. The highest BCUT2D eigenvalue weighted by atomic mass is 16.5. The fourth-order valence-corrected chi connectivity index (χ4v) is 3.94. The topological polar surface area (TPSA) is 38.3 Å². The summed E-state index contributed by atoms with van der Waals surface area (Å²) in [5.74, 6) is 0. The van der Waals surface area contributed by atoms with E-state index in [9.17, 15) is 4.79 Å². The predicted molar refractivity (Wildman–Crippen MR) is 96.3 cm³/mol. The van der Waals surface area contributed by atoms with Crippen molar-refractivity contribution in [3.05, 3.63) is 27.7 Å². The normalized spacial score (nSPS) is 27.5. The van der Waals surface area contributed by atoms with Gasteiger partial charge < -0.3 is 10.1 Å². The molecule has 1 fully saturated rings. The van der Waals surface area contributed by atoms with Gasteiger partial charge in [-0.25, -0.2) is 4.79 Å². The van der Waals surface area contributed by atoms with Gasteiger partial charge in [0.05, 0.1) is 6.61 Å². The Balaban J connectivity index is 2.59. The van der Waals surface area contributed by atoms with Crippen LogP contribution in [0.5, 0.6) is 0 Å². The predicted octanol–water partition coefficient (Wildman–Crippen LogP) is 5.18. The first kappa shape index (κ1) is 20.3. The van der Waals surface area contributed by atoms with Crippen molar-refractivity contribution in [2.75, 3.05) is 6.61 Å². The molecule has 1 rings (SSSR count). The molecule has 23 heavy (non-hydrogen) atoms. The van der Waals surface area contributed by atoms with Gasteiger partial charge in [-0.05, 0) is 55.8 Å². The van der Waals surface area contributed by atoms with Crippen molar-refractivity contribution >= 4 is 6.09 Å². The quantitative estimate of drug-likeness (QED) is 0.701. The first-order valence-electron chi connectivity index (χ1n) is 8.73. The Kier molecular flexibility index (Phi) is 6.97. The summed E-state index contributed by atoms with van der Waals surface area (Å²) >= 11 is 0. The number of alkyl carbamates (subject to hydrolysis) is 1. The van der Waals surface area contributed by atoms with Crippen molar-refractivity contribution in [1.82, 2.24) is 5.32 Å². The van der Waals surface area contributed by atoms with E-state index in [4.69, 9.17) is 4.74 Å². The van der Waals surface area contributed by atoms with E-state index < -0.39 is 0 Å². The lowest BCUT2D eigenvalue weighted by Crippen LogP contribution is -2.47. The van der Waals surface area contributed by atoms with Crippen molar-refractivity contribution < 1.29 is 9.53 Å². The minimum Gasteiger partial charge on any atom is -0.449 e. The summed E-state index contributed by atoms with van der Waals surface area (Å²) < 4.78 is 5.47. The van der Waals surface area contributed by atoms with Crippen LogP contribution in [0, 0.1) is 43.9 Å². The SMILES string of the molecule is [CH2]CC1(C)CC(NC(=O)OCC(C[CH2])(C[CH2])C[CH2])CC(C)(C)C1. The minimum atomic E-state index is -0.334. The molecule has 1 aliphatic rings. The largest absolute Gasteiger partial charge is 0.449 e. The Hall–Kier alpha value is -0.730. The van der Waals surface area contributed by atoms with E-state index in [-0.39, 0.29) is 28.4 Å². The Labute approximate surface area is 143 Å². The Bertz CT molecular complexity index is 379. The number of ether oxygens (including phenoxy) is 1. The number of rotatable bonds is 7. The minimum absolute atomic E-state index is 0.145. The van der Waals surface area contributed by atoms with Crippen molar-refractivity contribution in [2.45, 2.75) is 71.8 Å². The van der Waals surface area contributed by atoms with Gasteiger partial charge >= 0.3 is 6.09 Å². The lowest BCUT2D eigenvalue weighted by Gasteiger charge is -2.46. The molecule has 0 aromatic carbocycles. The molecule has 2 atom stereocenters. The molecule has 0 spiro atoms. The molecular weight excluding hydrogens is 286 g/mol. The van der Waals surface area contributed by atoms with Gasteiger partial charge in [0.1, 0.15) is 0 Å². The lowest BCUT2D eigenvalue weighted by atomic mass is 9.62. The maximum absolute atomic E-state index is 12.2. The smallest absolute Gasteiger partial charge is 0.407 e. The van der Waals surface area contributed by atoms with Crippen LogP contribution in [0.25, 0.3) is 0 Å². The molecule has 1 N–H and O–H groups in total. The van der Waals surface area contributed by atoms with Gasteiger partial charge in [-0.15, -0.1) is 0 Å². The van der Waals surface area contributed by atoms with Gasteiger partial charge in [-0.3, -0.25) is 0 Å². The van der Waals surface area contributed by atoms with Gasteiger partial charge in [0, 0.05) is 11.5 Å². The van der Waals surface area contributed by atoms with Crippen molar-refractivity contribution in [3.8, 4) is 0 Å². The van der Waals surface area contributed by atoms with Crippen molar-refractivity contribution in [1.29, 1.82) is 0 Å². The standard InChI is InChI=1S/C20H35NO2/c1-8-19(7)13-16(12-18(5,6)14-19)21-17(22)23-15-20(9-2,10-3)11-4/h16H,1-4,8-15H2,5-7H3,(H,21,22). The molecule has 132 valence electrons. The molecule has 1 aliphatic carbocycles. The molecule has 1 amide bonds. The summed E-state index contributed by atoms with van der Waals surface area (Å²) in [6, 6.07) is 0.145. The summed E-state index contributed by atoms with van der Waals surface area (Å²) in [4.78, 5) is 12.2. The second-order valence-corrected chi connectivity index (χ2v) is 8.48.